The zero-order valence-electron chi connectivity index (χ0n) is 11.3. The van der Waals surface area contributed by atoms with Crippen molar-refractivity contribution in [2.24, 2.45) is 0 Å². The molecule has 1 aliphatic rings. The SMILES string of the molecule is CC(C)(C)OC(=O)N1CC=C(c2coc(I)n2)CC1. The van der Waals surface area contributed by atoms with Gasteiger partial charge < -0.3 is 14.1 Å². The summed E-state index contributed by atoms with van der Waals surface area (Å²) in [6, 6.07) is 0. The van der Waals surface area contributed by atoms with E-state index >= 15 is 0 Å². The minimum absolute atomic E-state index is 0.266. The molecule has 2 heterocycles. The summed E-state index contributed by atoms with van der Waals surface area (Å²) in [6.45, 7) is 6.80. The summed E-state index contributed by atoms with van der Waals surface area (Å²) in [4.78, 5) is 17.9. The smallest absolute Gasteiger partial charge is 0.410 e. The topological polar surface area (TPSA) is 55.6 Å². The Morgan fingerprint density at radius 2 is 2.26 bits per heavy atom. The van der Waals surface area contributed by atoms with E-state index in [9.17, 15) is 4.79 Å². The van der Waals surface area contributed by atoms with E-state index in [0.717, 1.165) is 17.7 Å². The molecule has 1 aromatic rings. The molecule has 0 N–H and O–H groups in total. The highest BCUT2D eigenvalue weighted by Gasteiger charge is 2.24. The number of aromatic nitrogens is 1. The molecular weight excluding hydrogens is 359 g/mol. The lowest BCUT2D eigenvalue weighted by molar-refractivity contribution is 0.0270. The predicted molar refractivity (Wildman–Crippen MR) is 79.6 cm³/mol. The largest absolute Gasteiger partial charge is 0.444 e. The molecule has 0 fully saturated rings. The predicted octanol–water partition coefficient (Wildman–Crippen LogP) is 3.30. The van der Waals surface area contributed by atoms with Gasteiger partial charge in [0.1, 0.15) is 17.6 Å². The van der Waals surface area contributed by atoms with E-state index in [2.05, 4.69) is 4.98 Å². The lowest BCUT2D eigenvalue weighted by Gasteiger charge is -2.29. The van der Waals surface area contributed by atoms with Crippen LogP contribution < -0.4 is 0 Å². The van der Waals surface area contributed by atoms with Crippen LogP contribution in [0.3, 0.4) is 0 Å². The molecule has 0 saturated carbocycles. The molecule has 1 aliphatic heterocycles. The maximum absolute atomic E-state index is 11.9. The first-order chi connectivity index (χ1) is 8.85. The molecule has 104 valence electrons. The van der Waals surface area contributed by atoms with Gasteiger partial charge in [-0.3, -0.25) is 0 Å². The summed E-state index contributed by atoms with van der Waals surface area (Å²) in [7, 11) is 0. The third-order valence-corrected chi connectivity index (χ3v) is 3.16. The summed E-state index contributed by atoms with van der Waals surface area (Å²) in [5.74, 6) is 0. The van der Waals surface area contributed by atoms with Crippen LogP contribution in [0.1, 0.15) is 32.9 Å². The lowest BCUT2D eigenvalue weighted by atomic mass is 10.1. The first kappa shape index (κ1) is 14.4. The average Bonchev–Trinajstić information content (AvgIpc) is 2.74. The Labute approximate surface area is 126 Å². The van der Waals surface area contributed by atoms with Crippen molar-refractivity contribution in [1.82, 2.24) is 9.88 Å². The summed E-state index contributed by atoms with van der Waals surface area (Å²) in [6.07, 6.45) is 4.15. The van der Waals surface area contributed by atoms with Gasteiger partial charge in [-0.25, -0.2) is 9.78 Å². The molecule has 0 aliphatic carbocycles. The summed E-state index contributed by atoms with van der Waals surface area (Å²) in [5, 5.41) is 0. The van der Waals surface area contributed by atoms with Crippen LogP contribution >= 0.6 is 22.6 Å². The van der Waals surface area contributed by atoms with Gasteiger partial charge in [0.15, 0.2) is 0 Å². The van der Waals surface area contributed by atoms with E-state index < -0.39 is 5.60 Å². The lowest BCUT2D eigenvalue weighted by Crippen LogP contribution is -2.39. The Morgan fingerprint density at radius 1 is 1.53 bits per heavy atom. The van der Waals surface area contributed by atoms with Crippen molar-refractivity contribution in [3.05, 3.63) is 21.9 Å². The number of rotatable bonds is 1. The Hall–Kier alpha value is -1.05. The maximum Gasteiger partial charge on any atom is 0.410 e. The van der Waals surface area contributed by atoms with Crippen molar-refractivity contribution in [1.29, 1.82) is 0 Å². The highest BCUT2D eigenvalue weighted by atomic mass is 127. The van der Waals surface area contributed by atoms with Crippen molar-refractivity contribution in [3.63, 3.8) is 0 Å². The van der Waals surface area contributed by atoms with Crippen molar-refractivity contribution in [3.8, 4) is 0 Å². The quantitative estimate of drug-likeness (QED) is 0.706. The van der Waals surface area contributed by atoms with Crippen LogP contribution in [0.15, 0.2) is 16.8 Å². The van der Waals surface area contributed by atoms with Crippen LogP contribution in [0.5, 0.6) is 0 Å². The van der Waals surface area contributed by atoms with Crippen LogP contribution in [0, 0.1) is 3.90 Å². The van der Waals surface area contributed by atoms with Crippen molar-refractivity contribution in [2.75, 3.05) is 13.1 Å². The van der Waals surface area contributed by atoms with E-state index in [0.29, 0.717) is 17.0 Å². The van der Waals surface area contributed by atoms with Crippen LogP contribution in [0.25, 0.3) is 5.57 Å². The highest BCUT2D eigenvalue weighted by Crippen LogP contribution is 2.23. The van der Waals surface area contributed by atoms with Crippen molar-refractivity contribution in [2.45, 2.75) is 32.8 Å². The molecule has 0 spiro atoms. The van der Waals surface area contributed by atoms with E-state index in [1.165, 1.54) is 0 Å². The molecule has 6 heteroatoms. The zero-order valence-corrected chi connectivity index (χ0v) is 13.4. The van der Waals surface area contributed by atoms with Crippen LogP contribution in [0.4, 0.5) is 4.79 Å². The van der Waals surface area contributed by atoms with Crippen molar-refractivity contribution >= 4 is 34.3 Å². The molecule has 0 unspecified atom stereocenters. The second kappa shape index (κ2) is 5.52. The molecule has 2 rings (SSSR count). The van der Waals surface area contributed by atoms with E-state index in [1.54, 1.807) is 11.2 Å². The standard InChI is InChI=1S/C13H17IN2O3/c1-13(2,3)19-12(17)16-6-4-9(5-7-16)10-8-18-11(14)15-10/h4,8H,5-7H2,1-3H3. The third kappa shape index (κ3) is 3.95. The number of ether oxygens (including phenoxy) is 1. The molecular formula is C13H17IN2O3. The van der Waals surface area contributed by atoms with Crippen LogP contribution in [0.2, 0.25) is 0 Å². The highest BCUT2D eigenvalue weighted by molar-refractivity contribution is 14.1. The zero-order chi connectivity index (χ0) is 14.0. The number of oxazole rings is 1. The number of halogens is 1. The molecule has 0 radical (unpaired) electrons. The van der Waals surface area contributed by atoms with E-state index in [1.807, 2.05) is 49.4 Å². The van der Waals surface area contributed by atoms with Gasteiger partial charge in [0.05, 0.1) is 0 Å². The summed E-state index contributed by atoms with van der Waals surface area (Å²) in [5.41, 5.74) is 1.52. The first-order valence-electron chi connectivity index (χ1n) is 6.13. The third-order valence-electron chi connectivity index (χ3n) is 2.67. The maximum atomic E-state index is 11.9. The fourth-order valence-electron chi connectivity index (χ4n) is 1.79. The molecule has 5 nitrogen and oxygen atoms in total. The Morgan fingerprint density at radius 3 is 2.74 bits per heavy atom. The number of carbonyl (C=O) groups excluding carboxylic acids is 1. The number of amides is 1. The Bertz CT molecular complexity index is 502. The fourth-order valence-corrected chi connectivity index (χ4v) is 2.18. The number of hydrogen-bond donors (Lipinski definition) is 0. The van der Waals surface area contributed by atoms with Crippen LogP contribution in [-0.4, -0.2) is 34.7 Å². The van der Waals surface area contributed by atoms with Gasteiger partial charge in [-0.05, 0) is 32.8 Å². The molecule has 0 atom stereocenters. The van der Waals surface area contributed by atoms with E-state index in [-0.39, 0.29) is 6.09 Å². The van der Waals surface area contributed by atoms with Crippen LogP contribution in [-0.2, 0) is 4.74 Å². The summed E-state index contributed by atoms with van der Waals surface area (Å²) >= 11 is 2.04. The van der Waals surface area contributed by atoms with Gasteiger partial charge in [-0.2, -0.15) is 0 Å². The van der Waals surface area contributed by atoms with Gasteiger partial charge in [-0.15, -0.1) is 0 Å². The number of hydrogen-bond acceptors (Lipinski definition) is 4. The second-order valence-electron chi connectivity index (χ2n) is 5.39. The van der Waals surface area contributed by atoms with Gasteiger partial charge in [-0.1, -0.05) is 6.08 Å². The molecule has 0 saturated heterocycles. The normalized spacial score (nSPS) is 16.2. The molecule has 1 aromatic heterocycles. The molecule has 0 aromatic carbocycles. The molecule has 0 bridgehead atoms. The minimum Gasteiger partial charge on any atom is -0.444 e. The Kier molecular flexibility index (Phi) is 4.17. The van der Waals surface area contributed by atoms with E-state index in [4.69, 9.17) is 9.15 Å². The van der Waals surface area contributed by atoms with Crippen molar-refractivity contribution < 1.29 is 13.9 Å². The second-order valence-corrected chi connectivity index (χ2v) is 6.31. The molecule has 19 heavy (non-hydrogen) atoms. The van der Waals surface area contributed by atoms with Gasteiger partial charge in [0.2, 0.25) is 0 Å². The summed E-state index contributed by atoms with van der Waals surface area (Å²) < 4.78 is 11.2. The fraction of sp³-hybridized carbons (Fsp3) is 0.538. The number of nitrogens with zero attached hydrogens (tertiary/aromatic N) is 2. The van der Waals surface area contributed by atoms with Gasteiger partial charge in [0, 0.05) is 35.7 Å². The average molecular weight is 376 g/mol. The van der Waals surface area contributed by atoms with Gasteiger partial charge >= 0.3 is 6.09 Å². The first-order valence-corrected chi connectivity index (χ1v) is 7.21. The van der Waals surface area contributed by atoms with Gasteiger partial charge in [0.25, 0.3) is 3.90 Å². The minimum atomic E-state index is -0.455. The Balaban J connectivity index is 1.98. The molecule has 1 amide bonds. The monoisotopic (exact) mass is 376 g/mol. The number of carbonyl (C=O) groups is 1.